The summed E-state index contributed by atoms with van der Waals surface area (Å²) < 4.78 is 28.2. The van der Waals surface area contributed by atoms with Crippen molar-refractivity contribution < 1.29 is 18.3 Å². The van der Waals surface area contributed by atoms with Crippen LogP contribution < -0.4 is 4.72 Å². The van der Waals surface area contributed by atoms with Crippen LogP contribution in [0.3, 0.4) is 0 Å². The standard InChI is InChI=1S/C15H19N3O4S/c1-3-12(15(19)20)10-11-4-6-13(7-5-11)17-23(21,22)14-8-9-18(2)16-14/h4-9,12,17H,3,10H2,1-2H3,(H,19,20). The van der Waals surface area contributed by atoms with Crippen LogP contribution in [0.15, 0.2) is 41.6 Å². The number of aryl methyl sites for hydroxylation is 1. The second kappa shape index (κ2) is 6.82. The summed E-state index contributed by atoms with van der Waals surface area (Å²) in [6.45, 7) is 1.83. The summed E-state index contributed by atoms with van der Waals surface area (Å²) in [4.78, 5) is 11.0. The Morgan fingerprint density at radius 1 is 1.30 bits per heavy atom. The van der Waals surface area contributed by atoms with Crippen LogP contribution in [-0.2, 0) is 28.3 Å². The lowest BCUT2D eigenvalue weighted by atomic mass is 9.97. The van der Waals surface area contributed by atoms with Gasteiger partial charge in [0, 0.05) is 18.9 Å². The first-order valence-electron chi connectivity index (χ1n) is 7.16. The number of nitrogens with one attached hydrogen (secondary N) is 1. The zero-order valence-electron chi connectivity index (χ0n) is 12.9. The lowest BCUT2D eigenvalue weighted by Crippen LogP contribution is -2.16. The molecule has 1 aromatic heterocycles. The van der Waals surface area contributed by atoms with E-state index in [-0.39, 0.29) is 5.03 Å². The number of anilines is 1. The quantitative estimate of drug-likeness (QED) is 0.803. The molecule has 7 nitrogen and oxygen atoms in total. The number of hydrogen-bond acceptors (Lipinski definition) is 4. The zero-order valence-corrected chi connectivity index (χ0v) is 13.7. The van der Waals surface area contributed by atoms with Gasteiger partial charge in [-0.25, -0.2) is 0 Å². The van der Waals surface area contributed by atoms with Gasteiger partial charge in [0.25, 0.3) is 10.0 Å². The van der Waals surface area contributed by atoms with Crippen molar-refractivity contribution in [1.29, 1.82) is 0 Å². The minimum atomic E-state index is -3.72. The molecule has 0 amide bonds. The fraction of sp³-hybridized carbons (Fsp3) is 0.333. The summed E-state index contributed by atoms with van der Waals surface area (Å²) in [6.07, 6.45) is 2.51. The highest BCUT2D eigenvalue weighted by molar-refractivity contribution is 7.92. The summed E-state index contributed by atoms with van der Waals surface area (Å²) in [6, 6.07) is 8.09. The lowest BCUT2D eigenvalue weighted by Gasteiger charge is -2.11. The van der Waals surface area contributed by atoms with Crippen molar-refractivity contribution in [2.75, 3.05) is 4.72 Å². The van der Waals surface area contributed by atoms with Gasteiger partial charge < -0.3 is 5.11 Å². The monoisotopic (exact) mass is 337 g/mol. The second-order valence-corrected chi connectivity index (χ2v) is 6.91. The first-order chi connectivity index (χ1) is 10.8. The Bertz CT molecular complexity index is 781. The molecule has 0 saturated heterocycles. The van der Waals surface area contributed by atoms with Crippen molar-refractivity contribution in [2.45, 2.75) is 24.8 Å². The third-order valence-electron chi connectivity index (χ3n) is 3.49. The predicted molar refractivity (Wildman–Crippen MR) is 85.6 cm³/mol. The summed E-state index contributed by atoms with van der Waals surface area (Å²) >= 11 is 0. The molecule has 2 rings (SSSR count). The third kappa shape index (κ3) is 4.32. The van der Waals surface area contributed by atoms with Crippen molar-refractivity contribution >= 4 is 21.7 Å². The molecule has 1 heterocycles. The Morgan fingerprint density at radius 3 is 2.43 bits per heavy atom. The molecular weight excluding hydrogens is 318 g/mol. The molecule has 0 aliphatic carbocycles. The Hall–Kier alpha value is -2.35. The summed E-state index contributed by atoms with van der Waals surface area (Å²) in [5.74, 6) is -1.27. The van der Waals surface area contributed by atoms with Crippen molar-refractivity contribution in [2.24, 2.45) is 13.0 Å². The Labute approximate surface area is 135 Å². The summed E-state index contributed by atoms with van der Waals surface area (Å²) in [5, 5.41) is 12.9. The number of carbonyl (C=O) groups is 1. The fourth-order valence-electron chi connectivity index (χ4n) is 2.14. The van der Waals surface area contributed by atoms with Gasteiger partial charge in [-0.3, -0.25) is 14.2 Å². The van der Waals surface area contributed by atoms with E-state index in [0.717, 1.165) is 5.56 Å². The van der Waals surface area contributed by atoms with E-state index in [9.17, 15) is 13.2 Å². The molecule has 0 spiro atoms. The van der Waals surface area contributed by atoms with Crippen LogP contribution in [-0.4, -0.2) is 29.3 Å². The van der Waals surface area contributed by atoms with Gasteiger partial charge in [0.15, 0.2) is 5.03 Å². The first kappa shape index (κ1) is 17.0. The maximum absolute atomic E-state index is 12.1. The largest absolute Gasteiger partial charge is 0.481 e. The van der Waals surface area contributed by atoms with E-state index in [0.29, 0.717) is 18.5 Å². The molecule has 1 atom stereocenters. The van der Waals surface area contributed by atoms with Crippen molar-refractivity contribution in [1.82, 2.24) is 9.78 Å². The first-order valence-corrected chi connectivity index (χ1v) is 8.64. The maximum Gasteiger partial charge on any atom is 0.306 e. The van der Waals surface area contributed by atoms with Crippen LogP contribution in [0.25, 0.3) is 0 Å². The van der Waals surface area contributed by atoms with Crippen LogP contribution in [0.2, 0.25) is 0 Å². The van der Waals surface area contributed by atoms with Crippen LogP contribution in [0.4, 0.5) is 5.69 Å². The SMILES string of the molecule is CCC(Cc1ccc(NS(=O)(=O)c2ccn(C)n2)cc1)C(=O)O. The number of carboxylic acids is 1. The van der Waals surface area contributed by atoms with E-state index in [4.69, 9.17) is 5.11 Å². The number of carboxylic acid groups (broad SMARTS) is 1. The average molecular weight is 337 g/mol. The van der Waals surface area contributed by atoms with E-state index in [1.807, 2.05) is 6.92 Å². The van der Waals surface area contributed by atoms with E-state index in [1.165, 1.54) is 10.7 Å². The molecule has 1 unspecified atom stereocenters. The van der Waals surface area contributed by atoms with E-state index in [1.54, 1.807) is 37.5 Å². The molecule has 2 aromatic rings. The van der Waals surface area contributed by atoms with Gasteiger partial charge in [-0.1, -0.05) is 19.1 Å². The number of hydrogen-bond donors (Lipinski definition) is 2. The Balaban J connectivity index is 2.09. The van der Waals surface area contributed by atoms with Gasteiger partial charge >= 0.3 is 5.97 Å². The lowest BCUT2D eigenvalue weighted by molar-refractivity contribution is -0.141. The zero-order chi connectivity index (χ0) is 17.0. The Kier molecular flexibility index (Phi) is 5.05. The van der Waals surface area contributed by atoms with Gasteiger partial charge in [0.2, 0.25) is 0 Å². The highest BCUT2D eigenvalue weighted by Crippen LogP contribution is 2.18. The highest BCUT2D eigenvalue weighted by Gasteiger charge is 2.18. The third-order valence-corrected chi connectivity index (χ3v) is 4.77. The Morgan fingerprint density at radius 2 is 1.96 bits per heavy atom. The van der Waals surface area contributed by atoms with Crippen LogP contribution in [0.5, 0.6) is 0 Å². The molecule has 0 radical (unpaired) electrons. The predicted octanol–water partition coefficient (Wildman–Crippen LogP) is 1.87. The van der Waals surface area contributed by atoms with Crippen molar-refractivity contribution in [3.05, 3.63) is 42.1 Å². The minimum Gasteiger partial charge on any atom is -0.481 e. The molecule has 0 bridgehead atoms. The van der Waals surface area contributed by atoms with Gasteiger partial charge in [-0.2, -0.15) is 13.5 Å². The average Bonchev–Trinajstić information content (AvgIpc) is 2.93. The molecule has 0 saturated carbocycles. The fourth-order valence-corrected chi connectivity index (χ4v) is 3.17. The normalized spacial score (nSPS) is 12.8. The molecule has 124 valence electrons. The number of aromatic nitrogens is 2. The van der Waals surface area contributed by atoms with Crippen molar-refractivity contribution in [3.8, 4) is 0 Å². The summed E-state index contributed by atoms with van der Waals surface area (Å²) in [7, 11) is -2.08. The number of rotatable bonds is 7. The van der Waals surface area contributed by atoms with E-state index < -0.39 is 21.9 Å². The molecule has 1 aromatic carbocycles. The molecule has 0 aliphatic rings. The smallest absolute Gasteiger partial charge is 0.306 e. The number of sulfonamides is 1. The van der Waals surface area contributed by atoms with Crippen molar-refractivity contribution in [3.63, 3.8) is 0 Å². The molecule has 8 heteroatoms. The molecule has 0 aliphatic heterocycles. The van der Waals surface area contributed by atoms with Crippen LogP contribution in [0, 0.1) is 5.92 Å². The second-order valence-electron chi connectivity index (χ2n) is 5.28. The molecule has 0 fully saturated rings. The van der Waals surface area contributed by atoms with Gasteiger partial charge in [0.1, 0.15) is 0 Å². The molecular formula is C15H19N3O4S. The van der Waals surface area contributed by atoms with E-state index in [2.05, 4.69) is 9.82 Å². The maximum atomic E-state index is 12.1. The molecule has 23 heavy (non-hydrogen) atoms. The van der Waals surface area contributed by atoms with Crippen LogP contribution >= 0.6 is 0 Å². The minimum absolute atomic E-state index is 0.0546. The van der Waals surface area contributed by atoms with Gasteiger partial charge in [0.05, 0.1) is 5.92 Å². The van der Waals surface area contributed by atoms with Crippen LogP contribution in [0.1, 0.15) is 18.9 Å². The van der Waals surface area contributed by atoms with Gasteiger partial charge in [-0.05, 0) is 36.6 Å². The molecule has 2 N–H and O–H groups in total. The summed E-state index contributed by atoms with van der Waals surface area (Å²) in [5.41, 5.74) is 1.25. The topological polar surface area (TPSA) is 101 Å². The van der Waals surface area contributed by atoms with Gasteiger partial charge in [-0.15, -0.1) is 0 Å². The number of aliphatic carboxylic acids is 1. The number of nitrogens with zero attached hydrogens (tertiary/aromatic N) is 2. The highest BCUT2D eigenvalue weighted by atomic mass is 32.2. The van der Waals surface area contributed by atoms with E-state index >= 15 is 0 Å². The number of benzene rings is 1.